The molecule has 0 bridgehead atoms. The number of thioether (sulfide) groups is 1. The van der Waals surface area contributed by atoms with E-state index in [2.05, 4.69) is 4.98 Å². The molecule has 4 heteroatoms. The normalized spacial score (nSPS) is 9.94. The maximum Gasteiger partial charge on any atom is 0.141 e. The van der Waals surface area contributed by atoms with E-state index in [9.17, 15) is 4.39 Å². The molecule has 2 rings (SSSR count). The molecule has 0 amide bonds. The molecule has 0 spiro atoms. The van der Waals surface area contributed by atoms with Crippen molar-refractivity contribution in [2.75, 3.05) is 6.26 Å². The maximum atomic E-state index is 13.5. The predicted octanol–water partition coefficient (Wildman–Crippen LogP) is 3.48. The van der Waals surface area contributed by atoms with Crippen molar-refractivity contribution in [2.24, 2.45) is 0 Å². The Morgan fingerprint density at radius 1 is 1.24 bits per heavy atom. The highest BCUT2D eigenvalue weighted by atomic mass is 32.2. The lowest BCUT2D eigenvalue weighted by Crippen LogP contribution is -1.87. The van der Waals surface area contributed by atoms with Crippen molar-refractivity contribution >= 4 is 11.8 Å². The molecule has 2 nitrogen and oxygen atoms in total. The standard InChI is InChI=1S/C13H9FN2S/c1-17-12-4-11(7-16-8-12)9-2-3-10(6-15)13(14)5-9/h2-5,7-8H,1H3. The maximum absolute atomic E-state index is 13.5. The minimum absolute atomic E-state index is 0.0581. The molecule has 0 saturated carbocycles. The third-order valence-corrected chi connectivity index (χ3v) is 3.07. The number of hydrogen-bond donors (Lipinski definition) is 0. The summed E-state index contributed by atoms with van der Waals surface area (Å²) in [7, 11) is 0. The zero-order valence-electron chi connectivity index (χ0n) is 9.14. The van der Waals surface area contributed by atoms with E-state index in [0.717, 1.165) is 16.0 Å². The highest BCUT2D eigenvalue weighted by molar-refractivity contribution is 7.98. The summed E-state index contributed by atoms with van der Waals surface area (Å²) in [6.07, 6.45) is 5.40. The summed E-state index contributed by atoms with van der Waals surface area (Å²) < 4.78 is 13.5. The number of nitrogens with zero attached hydrogens (tertiary/aromatic N) is 2. The van der Waals surface area contributed by atoms with Gasteiger partial charge in [0.1, 0.15) is 11.9 Å². The van der Waals surface area contributed by atoms with Crippen LogP contribution in [0.25, 0.3) is 11.1 Å². The Kier molecular flexibility index (Phi) is 3.40. The van der Waals surface area contributed by atoms with Gasteiger partial charge in [0.05, 0.1) is 5.56 Å². The molecule has 0 radical (unpaired) electrons. The Morgan fingerprint density at radius 3 is 2.71 bits per heavy atom. The first-order chi connectivity index (χ1) is 8.24. The second-order valence-electron chi connectivity index (χ2n) is 3.42. The quantitative estimate of drug-likeness (QED) is 0.759. The van der Waals surface area contributed by atoms with Gasteiger partial charge in [0, 0.05) is 22.9 Å². The van der Waals surface area contributed by atoms with Crippen LogP contribution in [0.2, 0.25) is 0 Å². The van der Waals surface area contributed by atoms with Crippen molar-refractivity contribution in [3.05, 3.63) is 48.0 Å². The average Bonchev–Trinajstić information content (AvgIpc) is 2.38. The second-order valence-corrected chi connectivity index (χ2v) is 4.30. The van der Waals surface area contributed by atoms with Gasteiger partial charge < -0.3 is 0 Å². The molecule has 84 valence electrons. The molecule has 0 aliphatic heterocycles. The first-order valence-corrected chi connectivity index (χ1v) is 6.16. The van der Waals surface area contributed by atoms with Gasteiger partial charge in [0.2, 0.25) is 0 Å². The largest absolute Gasteiger partial charge is 0.263 e. The summed E-state index contributed by atoms with van der Waals surface area (Å²) in [4.78, 5) is 5.12. The third kappa shape index (κ3) is 2.45. The van der Waals surface area contributed by atoms with Gasteiger partial charge in [-0.05, 0) is 30.0 Å². The van der Waals surface area contributed by atoms with E-state index in [1.54, 1.807) is 36.3 Å². The van der Waals surface area contributed by atoms with E-state index >= 15 is 0 Å². The molecule has 2 aromatic rings. The number of benzene rings is 1. The fourth-order valence-corrected chi connectivity index (χ4v) is 1.88. The van der Waals surface area contributed by atoms with E-state index in [0.29, 0.717) is 0 Å². The number of hydrogen-bond acceptors (Lipinski definition) is 3. The van der Waals surface area contributed by atoms with Crippen LogP contribution in [0.4, 0.5) is 4.39 Å². The lowest BCUT2D eigenvalue weighted by atomic mass is 10.1. The van der Waals surface area contributed by atoms with Crippen molar-refractivity contribution in [1.82, 2.24) is 4.98 Å². The van der Waals surface area contributed by atoms with Crippen LogP contribution in [0.5, 0.6) is 0 Å². The lowest BCUT2D eigenvalue weighted by molar-refractivity contribution is 0.624. The third-order valence-electron chi connectivity index (χ3n) is 2.37. The van der Waals surface area contributed by atoms with Crippen LogP contribution in [-0.4, -0.2) is 11.2 Å². The summed E-state index contributed by atoms with van der Waals surface area (Å²) in [6, 6.07) is 8.31. The lowest BCUT2D eigenvalue weighted by Gasteiger charge is -2.04. The van der Waals surface area contributed by atoms with Crippen molar-refractivity contribution in [3.63, 3.8) is 0 Å². The van der Waals surface area contributed by atoms with Gasteiger partial charge in [-0.3, -0.25) is 4.98 Å². The topological polar surface area (TPSA) is 36.7 Å². The van der Waals surface area contributed by atoms with Gasteiger partial charge in [-0.1, -0.05) is 6.07 Å². The summed E-state index contributed by atoms with van der Waals surface area (Å²) in [5.74, 6) is -0.500. The Hall–Kier alpha value is -1.86. The van der Waals surface area contributed by atoms with Gasteiger partial charge in [-0.25, -0.2) is 4.39 Å². The molecular weight excluding hydrogens is 235 g/mol. The summed E-state index contributed by atoms with van der Waals surface area (Å²) in [5.41, 5.74) is 1.63. The van der Waals surface area contributed by atoms with Crippen LogP contribution in [0.3, 0.4) is 0 Å². The van der Waals surface area contributed by atoms with Gasteiger partial charge in [0.25, 0.3) is 0 Å². The minimum Gasteiger partial charge on any atom is -0.263 e. The zero-order valence-corrected chi connectivity index (χ0v) is 9.96. The van der Waals surface area contributed by atoms with E-state index in [1.165, 1.54) is 12.1 Å². The fraction of sp³-hybridized carbons (Fsp3) is 0.0769. The van der Waals surface area contributed by atoms with Crippen LogP contribution in [0, 0.1) is 17.1 Å². The van der Waals surface area contributed by atoms with Crippen LogP contribution in [-0.2, 0) is 0 Å². The molecule has 0 unspecified atom stereocenters. The number of halogens is 1. The number of rotatable bonds is 2. The van der Waals surface area contributed by atoms with Gasteiger partial charge in [-0.2, -0.15) is 5.26 Å². The Bertz CT molecular complexity index is 590. The van der Waals surface area contributed by atoms with Crippen molar-refractivity contribution in [1.29, 1.82) is 5.26 Å². The van der Waals surface area contributed by atoms with Crippen LogP contribution >= 0.6 is 11.8 Å². The summed E-state index contributed by atoms with van der Waals surface area (Å²) in [5, 5.41) is 8.66. The molecule has 1 aromatic heterocycles. The van der Waals surface area contributed by atoms with Crippen LogP contribution < -0.4 is 0 Å². The number of aromatic nitrogens is 1. The second kappa shape index (κ2) is 4.98. The van der Waals surface area contributed by atoms with Crippen molar-refractivity contribution in [2.45, 2.75) is 4.90 Å². The molecule has 0 N–H and O–H groups in total. The number of nitriles is 1. The highest BCUT2D eigenvalue weighted by Gasteiger charge is 2.05. The molecule has 0 aliphatic rings. The average molecular weight is 244 g/mol. The molecule has 1 heterocycles. The Balaban J connectivity index is 2.46. The van der Waals surface area contributed by atoms with E-state index in [-0.39, 0.29) is 5.56 Å². The Morgan fingerprint density at radius 2 is 2.06 bits per heavy atom. The van der Waals surface area contributed by atoms with Gasteiger partial charge >= 0.3 is 0 Å². The molecule has 1 aromatic carbocycles. The van der Waals surface area contributed by atoms with Crippen molar-refractivity contribution < 1.29 is 4.39 Å². The summed E-state index contributed by atoms with van der Waals surface area (Å²) >= 11 is 1.58. The zero-order chi connectivity index (χ0) is 12.3. The first-order valence-electron chi connectivity index (χ1n) is 4.93. The minimum atomic E-state index is -0.500. The molecule has 17 heavy (non-hydrogen) atoms. The Labute approximate surface area is 103 Å². The van der Waals surface area contributed by atoms with E-state index in [1.807, 2.05) is 12.3 Å². The number of pyridine rings is 1. The highest BCUT2D eigenvalue weighted by Crippen LogP contribution is 2.24. The molecule has 0 saturated heterocycles. The molecular formula is C13H9FN2S. The predicted molar refractivity (Wildman–Crippen MR) is 66.1 cm³/mol. The first kappa shape index (κ1) is 11.6. The summed E-state index contributed by atoms with van der Waals surface area (Å²) in [6.45, 7) is 0. The van der Waals surface area contributed by atoms with E-state index in [4.69, 9.17) is 5.26 Å². The molecule has 0 atom stereocenters. The van der Waals surface area contributed by atoms with Gasteiger partial charge in [-0.15, -0.1) is 11.8 Å². The van der Waals surface area contributed by atoms with Crippen LogP contribution in [0.15, 0.2) is 41.6 Å². The fourth-order valence-electron chi connectivity index (χ4n) is 1.47. The smallest absolute Gasteiger partial charge is 0.141 e. The molecule has 0 aliphatic carbocycles. The van der Waals surface area contributed by atoms with Crippen LogP contribution in [0.1, 0.15) is 5.56 Å². The van der Waals surface area contributed by atoms with E-state index < -0.39 is 5.82 Å². The molecule has 0 fully saturated rings. The monoisotopic (exact) mass is 244 g/mol. The van der Waals surface area contributed by atoms with Crippen molar-refractivity contribution in [3.8, 4) is 17.2 Å². The SMILES string of the molecule is CSc1cncc(-c2ccc(C#N)c(F)c2)c1. The van der Waals surface area contributed by atoms with Gasteiger partial charge in [0.15, 0.2) is 0 Å².